The van der Waals surface area contributed by atoms with Crippen molar-refractivity contribution >= 4 is 18.0 Å². The van der Waals surface area contributed by atoms with Gasteiger partial charge in [0, 0.05) is 11.6 Å². The molecule has 18 heavy (non-hydrogen) atoms. The monoisotopic (exact) mass is 250 g/mol. The van der Waals surface area contributed by atoms with Gasteiger partial charge in [0.15, 0.2) is 6.10 Å². The number of carboxylic acids is 2. The lowest BCUT2D eigenvalue weighted by Crippen LogP contribution is -2.26. The number of hydrogen-bond acceptors (Lipinski definition) is 3. The molecule has 0 saturated heterocycles. The van der Waals surface area contributed by atoms with Crippen LogP contribution in [0.4, 0.5) is 0 Å². The van der Waals surface area contributed by atoms with Gasteiger partial charge >= 0.3 is 11.9 Å². The Kier molecular flexibility index (Phi) is 4.92. The Morgan fingerprint density at radius 2 is 2.00 bits per heavy atom. The standard InChI is InChI=1S/C13H14O5/c1-2-10(13(16)17)18-11-6-4-3-5-9(11)7-8-12(14)15/h3-8,10H,2H2,1H3,(H,14,15)(H,16,17). The quantitative estimate of drug-likeness (QED) is 0.754. The van der Waals surface area contributed by atoms with Gasteiger partial charge in [-0.3, -0.25) is 0 Å². The first-order valence-electron chi connectivity index (χ1n) is 5.44. The van der Waals surface area contributed by atoms with Crippen molar-refractivity contribution in [3.8, 4) is 5.75 Å². The van der Waals surface area contributed by atoms with E-state index in [1.165, 1.54) is 6.08 Å². The van der Waals surface area contributed by atoms with Crippen LogP contribution in [0.3, 0.4) is 0 Å². The SMILES string of the molecule is CCC(Oc1ccccc1C=CC(=O)O)C(=O)O. The summed E-state index contributed by atoms with van der Waals surface area (Å²) in [6.45, 7) is 1.70. The van der Waals surface area contributed by atoms with Gasteiger partial charge < -0.3 is 14.9 Å². The summed E-state index contributed by atoms with van der Waals surface area (Å²) in [5.74, 6) is -1.77. The van der Waals surface area contributed by atoms with E-state index in [1.54, 1.807) is 31.2 Å². The predicted octanol–water partition coefficient (Wildman–Crippen LogP) is 2.03. The highest BCUT2D eigenvalue weighted by atomic mass is 16.5. The number of carbonyl (C=O) groups is 2. The molecule has 1 aromatic rings. The minimum Gasteiger partial charge on any atom is -0.479 e. The van der Waals surface area contributed by atoms with Crippen LogP contribution in [-0.4, -0.2) is 28.3 Å². The van der Waals surface area contributed by atoms with Crippen LogP contribution < -0.4 is 4.74 Å². The van der Waals surface area contributed by atoms with Crippen LogP contribution in [0, 0.1) is 0 Å². The Labute approximate surface area is 104 Å². The molecule has 0 radical (unpaired) electrons. The van der Waals surface area contributed by atoms with Crippen molar-refractivity contribution in [2.24, 2.45) is 0 Å². The zero-order valence-corrected chi connectivity index (χ0v) is 9.87. The van der Waals surface area contributed by atoms with Crippen LogP contribution in [-0.2, 0) is 9.59 Å². The number of hydrogen-bond donors (Lipinski definition) is 2. The fourth-order valence-electron chi connectivity index (χ4n) is 1.35. The van der Waals surface area contributed by atoms with Gasteiger partial charge in [0.05, 0.1) is 0 Å². The number of carboxylic acid groups (broad SMARTS) is 2. The molecule has 5 heteroatoms. The summed E-state index contributed by atoms with van der Waals surface area (Å²) in [6.07, 6.45) is 1.73. The van der Waals surface area contributed by atoms with Gasteiger partial charge in [-0.15, -0.1) is 0 Å². The molecule has 0 saturated carbocycles. The Hall–Kier alpha value is -2.30. The topological polar surface area (TPSA) is 83.8 Å². The molecule has 0 aromatic heterocycles. The minimum absolute atomic E-state index is 0.326. The second-order valence-corrected chi connectivity index (χ2v) is 3.56. The van der Waals surface area contributed by atoms with Gasteiger partial charge in [-0.25, -0.2) is 9.59 Å². The molecule has 96 valence electrons. The lowest BCUT2D eigenvalue weighted by Gasteiger charge is -2.14. The van der Waals surface area contributed by atoms with E-state index in [-0.39, 0.29) is 0 Å². The van der Waals surface area contributed by atoms with Gasteiger partial charge in [0.2, 0.25) is 0 Å². The Morgan fingerprint density at radius 1 is 1.33 bits per heavy atom. The lowest BCUT2D eigenvalue weighted by atomic mass is 10.2. The van der Waals surface area contributed by atoms with Gasteiger partial charge in [0.1, 0.15) is 5.75 Å². The van der Waals surface area contributed by atoms with Crippen molar-refractivity contribution in [2.75, 3.05) is 0 Å². The van der Waals surface area contributed by atoms with E-state index in [0.717, 1.165) is 6.08 Å². The maximum Gasteiger partial charge on any atom is 0.344 e. The average Bonchev–Trinajstić information content (AvgIpc) is 2.34. The third kappa shape index (κ3) is 3.93. The van der Waals surface area contributed by atoms with Crippen molar-refractivity contribution in [1.82, 2.24) is 0 Å². The summed E-state index contributed by atoms with van der Waals surface area (Å²) in [7, 11) is 0. The first-order chi connectivity index (χ1) is 8.54. The molecule has 5 nitrogen and oxygen atoms in total. The number of ether oxygens (including phenoxy) is 1. The molecular formula is C13H14O5. The molecule has 0 aliphatic heterocycles. The zero-order chi connectivity index (χ0) is 13.5. The molecule has 0 aliphatic rings. The Bertz CT molecular complexity index is 464. The first-order valence-corrected chi connectivity index (χ1v) is 5.44. The summed E-state index contributed by atoms with van der Waals surface area (Å²) in [5.41, 5.74) is 0.527. The van der Waals surface area contributed by atoms with E-state index in [9.17, 15) is 9.59 Å². The van der Waals surface area contributed by atoms with Gasteiger partial charge in [-0.05, 0) is 18.6 Å². The Balaban J connectivity index is 2.94. The summed E-state index contributed by atoms with van der Waals surface area (Å²) < 4.78 is 5.34. The van der Waals surface area contributed by atoms with Crippen LogP contribution in [0.2, 0.25) is 0 Å². The van der Waals surface area contributed by atoms with E-state index in [2.05, 4.69) is 0 Å². The molecule has 1 rings (SSSR count). The number of benzene rings is 1. The lowest BCUT2D eigenvalue weighted by molar-refractivity contribution is -0.145. The van der Waals surface area contributed by atoms with Gasteiger partial charge in [-0.2, -0.15) is 0 Å². The maximum absolute atomic E-state index is 10.9. The number of para-hydroxylation sites is 1. The summed E-state index contributed by atoms with van der Waals surface area (Å²) >= 11 is 0. The van der Waals surface area contributed by atoms with Crippen LogP contribution in [0.5, 0.6) is 5.75 Å². The summed E-state index contributed by atoms with van der Waals surface area (Å²) in [6, 6.07) is 6.68. The Morgan fingerprint density at radius 3 is 2.56 bits per heavy atom. The summed E-state index contributed by atoms with van der Waals surface area (Å²) in [4.78, 5) is 21.3. The first kappa shape index (κ1) is 13.8. The summed E-state index contributed by atoms with van der Waals surface area (Å²) in [5, 5.41) is 17.5. The van der Waals surface area contributed by atoms with Crippen molar-refractivity contribution in [3.05, 3.63) is 35.9 Å². The third-order valence-corrected chi connectivity index (χ3v) is 2.24. The van der Waals surface area contributed by atoms with E-state index >= 15 is 0 Å². The molecular weight excluding hydrogens is 236 g/mol. The van der Waals surface area contributed by atoms with Gasteiger partial charge in [-0.1, -0.05) is 25.1 Å². The molecule has 0 aliphatic carbocycles. The second kappa shape index (κ2) is 6.44. The molecule has 1 aromatic carbocycles. The maximum atomic E-state index is 10.9. The predicted molar refractivity (Wildman–Crippen MR) is 65.5 cm³/mol. The van der Waals surface area contributed by atoms with Gasteiger partial charge in [0.25, 0.3) is 0 Å². The molecule has 0 amide bonds. The molecule has 1 atom stereocenters. The highest BCUT2D eigenvalue weighted by Gasteiger charge is 2.17. The van der Waals surface area contributed by atoms with Crippen LogP contribution >= 0.6 is 0 Å². The van der Waals surface area contributed by atoms with Crippen molar-refractivity contribution < 1.29 is 24.5 Å². The highest BCUT2D eigenvalue weighted by Crippen LogP contribution is 2.21. The average molecular weight is 250 g/mol. The zero-order valence-electron chi connectivity index (χ0n) is 9.87. The largest absolute Gasteiger partial charge is 0.479 e. The molecule has 2 N–H and O–H groups in total. The van der Waals surface area contributed by atoms with Crippen molar-refractivity contribution in [2.45, 2.75) is 19.4 Å². The van der Waals surface area contributed by atoms with E-state index in [1.807, 2.05) is 0 Å². The number of aliphatic carboxylic acids is 2. The van der Waals surface area contributed by atoms with Crippen molar-refractivity contribution in [1.29, 1.82) is 0 Å². The fourth-order valence-corrected chi connectivity index (χ4v) is 1.35. The van der Waals surface area contributed by atoms with Crippen LogP contribution in [0.25, 0.3) is 6.08 Å². The normalized spacial score (nSPS) is 12.3. The van der Waals surface area contributed by atoms with Crippen molar-refractivity contribution in [3.63, 3.8) is 0 Å². The third-order valence-electron chi connectivity index (χ3n) is 2.24. The van der Waals surface area contributed by atoms with E-state index in [4.69, 9.17) is 14.9 Å². The molecule has 1 unspecified atom stereocenters. The fraction of sp³-hybridized carbons (Fsp3) is 0.231. The van der Waals surface area contributed by atoms with Crippen LogP contribution in [0.15, 0.2) is 30.3 Å². The van der Waals surface area contributed by atoms with Crippen LogP contribution in [0.1, 0.15) is 18.9 Å². The van der Waals surface area contributed by atoms with E-state index in [0.29, 0.717) is 17.7 Å². The highest BCUT2D eigenvalue weighted by molar-refractivity contribution is 5.86. The smallest absolute Gasteiger partial charge is 0.344 e. The number of rotatable bonds is 6. The molecule has 0 spiro atoms. The molecule has 0 heterocycles. The molecule has 0 fully saturated rings. The molecule has 0 bridgehead atoms. The van der Waals surface area contributed by atoms with E-state index < -0.39 is 18.0 Å². The second-order valence-electron chi connectivity index (χ2n) is 3.56. The minimum atomic E-state index is -1.07.